The van der Waals surface area contributed by atoms with Gasteiger partial charge in [-0.15, -0.1) is 11.8 Å². The molecule has 0 saturated heterocycles. The maximum atomic E-state index is 12.6. The number of nitrogens with one attached hydrogen (secondary N) is 1. The lowest BCUT2D eigenvalue weighted by Gasteiger charge is -2.21. The van der Waals surface area contributed by atoms with Gasteiger partial charge in [0.25, 0.3) is 0 Å². The van der Waals surface area contributed by atoms with E-state index in [4.69, 9.17) is 0 Å². The third-order valence-electron chi connectivity index (χ3n) is 4.33. The number of benzene rings is 3. The molecule has 0 aliphatic carbocycles. The molecule has 0 aliphatic heterocycles. The highest BCUT2D eigenvalue weighted by molar-refractivity contribution is 8.00. The molecule has 0 aromatic heterocycles. The second-order valence-corrected chi connectivity index (χ2v) is 7.42. The molecule has 3 aromatic rings. The van der Waals surface area contributed by atoms with Crippen LogP contribution in [0.15, 0.2) is 83.8 Å². The van der Waals surface area contributed by atoms with Gasteiger partial charge in [0.1, 0.15) is 0 Å². The van der Waals surface area contributed by atoms with Crippen molar-refractivity contribution in [2.24, 2.45) is 0 Å². The summed E-state index contributed by atoms with van der Waals surface area (Å²) < 4.78 is 0. The van der Waals surface area contributed by atoms with Crippen LogP contribution in [-0.4, -0.2) is 11.7 Å². The van der Waals surface area contributed by atoms with Crippen LogP contribution >= 0.6 is 11.8 Å². The summed E-state index contributed by atoms with van der Waals surface area (Å²) in [6, 6.07) is 26.5. The zero-order valence-corrected chi connectivity index (χ0v) is 15.9. The van der Waals surface area contributed by atoms with Crippen molar-refractivity contribution in [2.45, 2.75) is 24.8 Å². The van der Waals surface area contributed by atoms with E-state index in [1.807, 2.05) is 30.3 Å². The first-order chi connectivity index (χ1) is 12.6. The van der Waals surface area contributed by atoms with Gasteiger partial charge in [0, 0.05) is 4.90 Å². The lowest BCUT2D eigenvalue weighted by molar-refractivity contribution is -0.119. The maximum Gasteiger partial charge on any atom is 0.231 e. The highest BCUT2D eigenvalue weighted by Crippen LogP contribution is 2.25. The average molecular weight is 362 g/mol. The van der Waals surface area contributed by atoms with Gasteiger partial charge in [-0.1, -0.05) is 72.3 Å². The molecule has 3 heteroatoms. The summed E-state index contributed by atoms with van der Waals surface area (Å²) in [7, 11) is 0. The van der Waals surface area contributed by atoms with Crippen LogP contribution in [0.5, 0.6) is 0 Å². The lowest BCUT2D eigenvalue weighted by Crippen LogP contribution is -2.31. The van der Waals surface area contributed by atoms with E-state index in [1.165, 1.54) is 11.1 Å². The first kappa shape index (κ1) is 18.3. The number of hydrogen-bond donors (Lipinski definition) is 1. The van der Waals surface area contributed by atoms with E-state index in [0.717, 1.165) is 16.0 Å². The van der Waals surface area contributed by atoms with Gasteiger partial charge in [-0.25, -0.2) is 0 Å². The molecular weight excluding hydrogens is 338 g/mol. The van der Waals surface area contributed by atoms with Gasteiger partial charge < -0.3 is 5.32 Å². The third kappa shape index (κ3) is 4.77. The molecule has 0 bridgehead atoms. The Morgan fingerprint density at radius 2 is 1.54 bits per heavy atom. The zero-order chi connectivity index (χ0) is 18.4. The Hall–Kier alpha value is -2.52. The first-order valence-electron chi connectivity index (χ1n) is 8.73. The standard InChI is InChI=1S/C23H23NOS/c1-17-12-14-20(15-13-17)26-16-22(25)24-23(19-9-4-3-5-10-19)21-11-7-6-8-18(21)2/h3-15,23H,16H2,1-2H3,(H,24,25)/t23-/m1/s1. The van der Waals surface area contributed by atoms with Crippen molar-refractivity contribution in [3.05, 3.63) is 101 Å². The number of aryl methyl sites for hydroxylation is 2. The molecular formula is C23H23NOS. The van der Waals surface area contributed by atoms with Gasteiger partial charge in [0.15, 0.2) is 0 Å². The fourth-order valence-electron chi connectivity index (χ4n) is 2.88. The molecule has 132 valence electrons. The average Bonchev–Trinajstić information content (AvgIpc) is 2.67. The van der Waals surface area contributed by atoms with Crippen LogP contribution in [0.2, 0.25) is 0 Å². The Labute approximate surface area is 159 Å². The quantitative estimate of drug-likeness (QED) is 0.604. The molecule has 26 heavy (non-hydrogen) atoms. The van der Waals surface area contributed by atoms with Gasteiger partial charge in [0.2, 0.25) is 5.91 Å². The van der Waals surface area contributed by atoms with E-state index < -0.39 is 0 Å². The number of amides is 1. The molecule has 0 heterocycles. The van der Waals surface area contributed by atoms with Crippen LogP contribution in [0.3, 0.4) is 0 Å². The van der Waals surface area contributed by atoms with Crippen molar-refractivity contribution >= 4 is 17.7 Å². The molecule has 0 aliphatic rings. The largest absolute Gasteiger partial charge is 0.344 e. The Bertz CT molecular complexity index is 859. The van der Waals surface area contributed by atoms with Crippen molar-refractivity contribution in [2.75, 3.05) is 5.75 Å². The van der Waals surface area contributed by atoms with Crippen LogP contribution in [0, 0.1) is 13.8 Å². The SMILES string of the molecule is Cc1ccc(SCC(=O)N[C@H](c2ccccc2)c2ccccc2C)cc1. The zero-order valence-electron chi connectivity index (χ0n) is 15.1. The van der Waals surface area contributed by atoms with Crippen LogP contribution in [0.25, 0.3) is 0 Å². The maximum absolute atomic E-state index is 12.6. The molecule has 3 aromatic carbocycles. The second kappa shape index (κ2) is 8.72. The lowest BCUT2D eigenvalue weighted by atomic mass is 9.95. The van der Waals surface area contributed by atoms with Crippen LogP contribution < -0.4 is 5.32 Å². The molecule has 0 spiro atoms. The second-order valence-electron chi connectivity index (χ2n) is 6.37. The Balaban J connectivity index is 1.74. The summed E-state index contributed by atoms with van der Waals surface area (Å²) in [5.41, 5.74) is 4.62. The smallest absolute Gasteiger partial charge is 0.231 e. The number of hydrogen-bond acceptors (Lipinski definition) is 2. The van der Waals surface area contributed by atoms with Gasteiger partial charge in [0.05, 0.1) is 11.8 Å². The van der Waals surface area contributed by atoms with Gasteiger partial charge in [-0.05, 0) is 42.7 Å². The summed E-state index contributed by atoms with van der Waals surface area (Å²) in [5, 5.41) is 3.21. The van der Waals surface area contributed by atoms with Crippen LogP contribution in [-0.2, 0) is 4.79 Å². The normalized spacial score (nSPS) is 11.8. The summed E-state index contributed by atoms with van der Waals surface area (Å²) in [4.78, 5) is 13.7. The fraction of sp³-hybridized carbons (Fsp3) is 0.174. The molecule has 0 fully saturated rings. The van der Waals surface area contributed by atoms with Crippen molar-refractivity contribution in [3.63, 3.8) is 0 Å². The molecule has 0 radical (unpaired) electrons. The number of carbonyl (C=O) groups excluding carboxylic acids is 1. The van der Waals surface area contributed by atoms with Crippen molar-refractivity contribution in [1.82, 2.24) is 5.32 Å². The molecule has 2 nitrogen and oxygen atoms in total. The van der Waals surface area contributed by atoms with E-state index in [0.29, 0.717) is 5.75 Å². The van der Waals surface area contributed by atoms with Crippen molar-refractivity contribution in [1.29, 1.82) is 0 Å². The Morgan fingerprint density at radius 1 is 0.885 bits per heavy atom. The van der Waals surface area contributed by atoms with E-state index in [1.54, 1.807) is 11.8 Å². The van der Waals surface area contributed by atoms with Crippen LogP contribution in [0.1, 0.15) is 28.3 Å². The highest BCUT2D eigenvalue weighted by atomic mass is 32.2. The van der Waals surface area contributed by atoms with E-state index >= 15 is 0 Å². The van der Waals surface area contributed by atoms with Gasteiger partial charge >= 0.3 is 0 Å². The number of carbonyl (C=O) groups is 1. The molecule has 1 atom stereocenters. The number of thioether (sulfide) groups is 1. The predicted molar refractivity (Wildman–Crippen MR) is 110 cm³/mol. The monoisotopic (exact) mass is 361 g/mol. The molecule has 1 N–H and O–H groups in total. The summed E-state index contributed by atoms with van der Waals surface area (Å²) in [6.07, 6.45) is 0. The van der Waals surface area contributed by atoms with Gasteiger partial charge in [-0.3, -0.25) is 4.79 Å². The van der Waals surface area contributed by atoms with Crippen LogP contribution in [0.4, 0.5) is 0 Å². The number of rotatable bonds is 6. The molecule has 3 rings (SSSR count). The Morgan fingerprint density at radius 3 is 2.23 bits per heavy atom. The molecule has 0 saturated carbocycles. The molecule has 0 unspecified atom stereocenters. The first-order valence-corrected chi connectivity index (χ1v) is 9.71. The molecule has 1 amide bonds. The summed E-state index contributed by atoms with van der Waals surface area (Å²) in [5.74, 6) is 0.436. The summed E-state index contributed by atoms with van der Waals surface area (Å²) in [6.45, 7) is 4.15. The third-order valence-corrected chi connectivity index (χ3v) is 5.34. The minimum absolute atomic E-state index is 0.0349. The van der Waals surface area contributed by atoms with Crippen molar-refractivity contribution < 1.29 is 4.79 Å². The minimum atomic E-state index is -0.136. The minimum Gasteiger partial charge on any atom is -0.344 e. The highest BCUT2D eigenvalue weighted by Gasteiger charge is 2.18. The van der Waals surface area contributed by atoms with Crippen molar-refractivity contribution in [3.8, 4) is 0 Å². The van der Waals surface area contributed by atoms with E-state index in [-0.39, 0.29) is 11.9 Å². The Kier molecular flexibility index (Phi) is 6.13. The van der Waals surface area contributed by atoms with E-state index in [9.17, 15) is 4.79 Å². The fourth-order valence-corrected chi connectivity index (χ4v) is 3.59. The predicted octanol–water partition coefficient (Wildman–Crippen LogP) is 5.30. The van der Waals surface area contributed by atoms with E-state index in [2.05, 4.69) is 67.7 Å². The summed E-state index contributed by atoms with van der Waals surface area (Å²) >= 11 is 1.56. The topological polar surface area (TPSA) is 29.1 Å². The van der Waals surface area contributed by atoms with Gasteiger partial charge in [-0.2, -0.15) is 0 Å².